The third-order valence-corrected chi connectivity index (χ3v) is 3.18. The number of halogens is 3. The van der Waals surface area contributed by atoms with Crippen LogP contribution in [0.15, 0.2) is 12.4 Å². The first-order valence-electron chi connectivity index (χ1n) is 6.42. The highest BCUT2D eigenvalue weighted by molar-refractivity contribution is 4.99. The summed E-state index contributed by atoms with van der Waals surface area (Å²) in [5, 5.41) is 13.2. The van der Waals surface area contributed by atoms with Crippen LogP contribution < -0.4 is 0 Å². The van der Waals surface area contributed by atoms with Crippen LogP contribution in [0.5, 0.6) is 0 Å². The van der Waals surface area contributed by atoms with E-state index in [0.717, 1.165) is 5.56 Å². The van der Waals surface area contributed by atoms with Gasteiger partial charge in [-0.05, 0) is 12.5 Å². The maximum Gasteiger partial charge on any atom is 0.415 e. The quantitative estimate of drug-likeness (QED) is 0.893. The van der Waals surface area contributed by atoms with E-state index >= 15 is 0 Å². The SMILES string of the molecule is Cc1cnn(CC2CN(CC(O)C(F)(F)F)CCO2)c1. The summed E-state index contributed by atoms with van der Waals surface area (Å²) in [6.07, 6.45) is -3.54. The maximum atomic E-state index is 12.3. The highest BCUT2D eigenvalue weighted by Gasteiger charge is 2.39. The number of rotatable bonds is 4. The summed E-state index contributed by atoms with van der Waals surface area (Å²) in [7, 11) is 0. The first kappa shape index (κ1) is 15.3. The number of aromatic nitrogens is 2. The second-order valence-corrected chi connectivity index (χ2v) is 5.05. The molecule has 1 aliphatic heterocycles. The van der Waals surface area contributed by atoms with Gasteiger partial charge in [0.2, 0.25) is 0 Å². The van der Waals surface area contributed by atoms with Crippen LogP contribution in [0, 0.1) is 6.92 Å². The Balaban J connectivity index is 1.85. The predicted octanol–water partition coefficient (Wildman–Crippen LogP) is 0.816. The van der Waals surface area contributed by atoms with Crippen molar-refractivity contribution in [1.82, 2.24) is 14.7 Å². The molecule has 1 saturated heterocycles. The zero-order valence-corrected chi connectivity index (χ0v) is 11.2. The Morgan fingerprint density at radius 2 is 2.30 bits per heavy atom. The molecule has 2 heterocycles. The number of aryl methyl sites for hydroxylation is 1. The van der Waals surface area contributed by atoms with Crippen LogP contribution in [0.25, 0.3) is 0 Å². The number of β-amino-alcohol motifs (C(OH)–C–C–N with tert-alkyl or cyclic N) is 1. The molecule has 20 heavy (non-hydrogen) atoms. The molecule has 8 heteroatoms. The molecule has 114 valence electrons. The topological polar surface area (TPSA) is 50.5 Å². The molecule has 0 spiro atoms. The number of aliphatic hydroxyl groups excluding tert-OH is 1. The number of aliphatic hydroxyl groups is 1. The monoisotopic (exact) mass is 293 g/mol. The van der Waals surface area contributed by atoms with Gasteiger partial charge in [0.05, 0.1) is 25.5 Å². The summed E-state index contributed by atoms with van der Waals surface area (Å²) in [6, 6.07) is 0. The zero-order chi connectivity index (χ0) is 14.8. The highest BCUT2D eigenvalue weighted by Crippen LogP contribution is 2.21. The van der Waals surface area contributed by atoms with Crippen molar-refractivity contribution in [3.05, 3.63) is 18.0 Å². The molecule has 0 bridgehead atoms. The van der Waals surface area contributed by atoms with Gasteiger partial charge in [0.1, 0.15) is 0 Å². The van der Waals surface area contributed by atoms with E-state index in [1.165, 1.54) is 0 Å². The number of hydrogen-bond acceptors (Lipinski definition) is 4. The largest absolute Gasteiger partial charge is 0.415 e. The lowest BCUT2D eigenvalue weighted by molar-refractivity contribution is -0.211. The van der Waals surface area contributed by atoms with E-state index in [9.17, 15) is 13.2 Å². The van der Waals surface area contributed by atoms with Gasteiger partial charge >= 0.3 is 6.18 Å². The number of alkyl halides is 3. The minimum Gasteiger partial charge on any atom is -0.382 e. The highest BCUT2D eigenvalue weighted by atomic mass is 19.4. The van der Waals surface area contributed by atoms with Gasteiger partial charge in [-0.25, -0.2) is 0 Å². The Hall–Kier alpha value is -1.12. The van der Waals surface area contributed by atoms with Crippen molar-refractivity contribution in [3.63, 3.8) is 0 Å². The van der Waals surface area contributed by atoms with Crippen LogP contribution in [0.1, 0.15) is 5.56 Å². The van der Waals surface area contributed by atoms with Crippen molar-refractivity contribution in [3.8, 4) is 0 Å². The minimum absolute atomic E-state index is 0.219. The molecule has 0 saturated carbocycles. The minimum atomic E-state index is -4.58. The molecular weight excluding hydrogens is 275 g/mol. The van der Waals surface area contributed by atoms with E-state index in [0.29, 0.717) is 26.2 Å². The zero-order valence-electron chi connectivity index (χ0n) is 11.2. The van der Waals surface area contributed by atoms with Crippen molar-refractivity contribution in [1.29, 1.82) is 0 Å². The van der Waals surface area contributed by atoms with E-state index in [2.05, 4.69) is 5.10 Å². The first-order chi connectivity index (χ1) is 9.34. The lowest BCUT2D eigenvalue weighted by Gasteiger charge is -2.34. The summed E-state index contributed by atoms with van der Waals surface area (Å²) in [4.78, 5) is 1.57. The summed E-state index contributed by atoms with van der Waals surface area (Å²) in [5.41, 5.74) is 1.02. The van der Waals surface area contributed by atoms with Gasteiger partial charge < -0.3 is 9.84 Å². The standard InChI is InChI=1S/C12H18F3N3O2/c1-9-4-16-18(5-9)7-10-6-17(2-3-20-10)8-11(19)12(13,14)15/h4-5,10-11,19H,2-3,6-8H2,1H3. The fourth-order valence-corrected chi connectivity index (χ4v) is 2.18. The molecule has 0 aromatic carbocycles. The van der Waals surface area contributed by atoms with E-state index in [-0.39, 0.29) is 6.10 Å². The van der Waals surface area contributed by atoms with E-state index < -0.39 is 18.8 Å². The van der Waals surface area contributed by atoms with Gasteiger partial charge in [0.25, 0.3) is 0 Å². The van der Waals surface area contributed by atoms with Gasteiger partial charge in [0, 0.05) is 25.8 Å². The molecule has 1 N–H and O–H groups in total. The van der Waals surface area contributed by atoms with Crippen LogP contribution >= 0.6 is 0 Å². The van der Waals surface area contributed by atoms with Crippen molar-refractivity contribution in [2.45, 2.75) is 31.9 Å². The Bertz CT molecular complexity index is 436. The summed E-state index contributed by atoms with van der Waals surface area (Å²) >= 11 is 0. The van der Waals surface area contributed by atoms with E-state index in [1.54, 1.807) is 15.8 Å². The molecule has 0 aliphatic carbocycles. The molecule has 2 atom stereocenters. The number of ether oxygens (including phenoxy) is 1. The second-order valence-electron chi connectivity index (χ2n) is 5.05. The fraction of sp³-hybridized carbons (Fsp3) is 0.750. The van der Waals surface area contributed by atoms with Gasteiger partial charge in [0.15, 0.2) is 6.10 Å². The molecule has 1 aromatic heterocycles. The van der Waals surface area contributed by atoms with E-state index in [1.807, 2.05) is 13.1 Å². The second kappa shape index (κ2) is 6.11. The number of morpholine rings is 1. The first-order valence-corrected chi connectivity index (χ1v) is 6.42. The molecule has 1 aliphatic rings. The number of hydrogen-bond donors (Lipinski definition) is 1. The molecule has 5 nitrogen and oxygen atoms in total. The average Bonchev–Trinajstić information content (AvgIpc) is 2.74. The van der Waals surface area contributed by atoms with Gasteiger partial charge in [-0.2, -0.15) is 18.3 Å². The van der Waals surface area contributed by atoms with Crippen LogP contribution in [-0.2, 0) is 11.3 Å². The average molecular weight is 293 g/mol. The Kier molecular flexibility index (Phi) is 4.66. The smallest absolute Gasteiger partial charge is 0.382 e. The van der Waals surface area contributed by atoms with Crippen LogP contribution in [0.3, 0.4) is 0 Å². The van der Waals surface area contributed by atoms with Crippen LogP contribution in [0.4, 0.5) is 13.2 Å². The normalized spacial score (nSPS) is 22.9. The van der Waals surface area contributed by atoms with Crippen molar-refractivity contribution in [2.24, 2.45) is 0 Å². The Morgan fingerprint density at radius 3 is 2.90 bits per heavy atom. The predicted molar refractivity (Wildman–Crippen MR) is 65.2 cm³/mol. The van der Waals surface area contributed by atoms with Crippen molar-refractivity contribution >= 4 is 0 Å². The molecule has 1 aromatic rings. The lowest BCUT2D eigenvalue weighted by Crippen LogP contribution is -2.49. The summed E-state index contributed by atoms with van der Waals surface area (Å²) < 4.78 is 44.2. The summed E-state index contributed by atoms with van der Waals surface area (Å²) in [5.74, 6) is 0. The maximum absolute atomic E-state index is 12.3. The Morgan fingerprint density at radius 1 is 1.55 bits per heavy atom. The molecule has 2 rings (SSSR count). The molecule has 2 unspecified atom stereocenters. The van der Waals surface area contributed by atoms with Crippen molar-refractivity contribution in [2.75, 3.05) is 26.2 Å². The number of nitrogens with zero attached hydrogens (tertiary/aromatic N) is 3. The van der Waals surface area contributed by atoms with Crippen LogP contribution in [0.2, 0.25) is 0 Å². The van der Waals surface area contributed by atoms with E-state index in [4.69, 9.17) is 9.84 Å². The van der Waals surface area contributed by atoms with Crippen molar-refractivity contribution < 1.29 is 23.0 Å². The molecule has 0 radical (unpaired) electrons. The van der Waals surface area contributed by atoms with Gasteiger partial charge in [-0.15, -0.1) is 0 Å². The molecular formula is C12H18F3N3O2. The Labute approximate surface area is 114 Å². The third-order valence-electron chi connectivity index (χ3n) is 3.18. The van der Waals surface area contributed by atoms with Gasteiger partial charge in [-0.1, -0.05) is 0 Å². The summed E-state index contributed by atoms with van der Waals surface area (Å²) in [6.45, 7) is 3.09. The third kappa shape index (κ3) is 4.19. The fourth-order valence-electron chi connectivity index (χ4n) is 2.18. The molecule has 0 amide bonds. The molecule has 1 fully saturated rings. The van der Waals surface area contributed by atoms with Crippen LogP contribution in [-0.4, -0.2) is 64.4 Å². The van der Waals surface area contributed by atoms with Gasteiger partial charge in [-0.3, -0.25) is 9.58 Å². The lowest BCUT2D eigenvalue weighted by atomic mass is 10.2.